The number of cyclic esters (lactones) is 1. The van der Waals surface area contributed by atoms with Gasteiger partial charge in [0.15, 0.2) is 11.1 Å². The molecule has 4 heteroatoms. The van der Waals surface area contributed by atoms with E-state index in [0.717, 1.165) is 0 Å². The minimum Gasteiger partial charge on any atom is -0.481 e. The fraction of sp³-hybridized carbons (Fsp3) is 0.875. The van der Waals surface area contributed by atoms with Gasteiger partial charge in [0.05, 0.1) is 7.11 Å². The smallest absolute Gasteiger partial charge is 0.335 e. The number of esters is 1. The van der Waals surface area contributed by atoms with Crippen molar-refractivity contribution in [2.45, 2.75) is 66.5 Å². The molecule has 116 valence electrons. The normalized spacial score (nSPS) is 26.6. The Morgan fingerprint density at radius 1 is 1.15 bits per heavy atom. The van der Waals surface area contributed by atoms with Gasteiger partial charge in [-0.25, -0.2) is 9.79 Å². The lowest BCUT2D eigenvalue weighted by atomic mass is 9.72. The zero-order valence-corrected chi connectivity index (χ0v) is 14.3. The molecule has 0 aromatic carbocycles. The standard InChI is InChI=1S/C16H29NO3/c1-10(2)16(11(3)4)13(18)20-15(8,14(5,6)7)12(17-16)19-9/h10-11H,1-9H3/t15-/m1/s1. The summed E-state index contributed by atoms with van der Waals surface area (Å²) in [5, 5.41) is 0. The first-order valence-electron chi connectivity index (χ1n) is 7.31. The largest absolute Gasteiger partial charge is 0.481 e. The predicted octanol–water partition coefficient (Wildman–Crippen LogP) is 3.44. The molecule has 0 bridgehead atoms. The van der Waals surface area contributed by atoms with Crippen LogP contribution in [0.4, 0.5) is 0 Å². The van der Waals surface area contributed by atoms with Crippen molar-refractivity contribution >= 4 is 11.9 Å². The molecule has 1 rings (SSSR count). The average Bonchev–Trinajstić information content (AvgIpc) is 2.26. The van der Waals surface area contributed by atoms with E-state index in [4.69, 9.17) is 14.5 Å². The number of aliphatic imine (C=N–C) groups is 1. The van der Waals surface area contributed by atoms with Crippen LogP contribution in [0.1, 0.15) is 55.4 Å². The fourth-order valence-electron chi connectivity index (χ4n) is 2.74. The Morgan fingerprint density at radius 2 is 1.60 bits per heavy atom. The van der Waals surface area contributed by atoms with Crippen molar-refractivity contribution < 1.29 is 14.3 Å². The third-order valence-electron chi connectivity index (χ3n) is 4.70. The summed E-state index contributed by atoms with van der Waals surface area (Å²) in [6.07, 6.45) is 0. The molecule has 0 amide bonds. The van der Waals surface area contributed by atoms with E-state index in [1.54, 1.807) is 7.11 Å². The highest BCUT2D eigenvalue weighted by Gasteiger charge is 2.58. The molecule has 1 aliphatic heterocycles. The van der Waals surface area contributed by atoms with Crippen LogP contribution in [0.3, 0.4) is 0 Å². The van der Waals surface area contributed by atoms with E-state index in [1.807, 2.05) is 55.4 Å². The summed E-state index contributed by atoms with van der Waals surface area (Å²) in [6, 6.07) is 0. The van der Waals surface area contributed by atoms with Crippen LogP contribution in [0.15, 0.2) is 4.99 Å². The molecular weight excluding hydrogens is 254 g/mol. The zero-order valence-electron chi connectivity index (χ0n) is 14.3. The Labute approximate surface area is 122 Å². The van der Waals surface area contributed by atoms with Crippen molar-refractivity contribution in [1.82, 2.24) is 0 Å². The van der Waals surface area contributed by atoms with Crippen molar-refractivity contribution in [2.75, 3.05) is 7.11 Å². The van der Waals surface area contributed by atoms with E-state index < -0.39 is 11.1 Å². The first-order valence-corrected chi connectivity index (χ1v) is 7.31. The molecular formula is C16H29NO3. The van der Waals surface area contributed by atoms with Crippen LogP contribution in [-0.2, 0) is 14.3 Å². The number of carbonyl (C=O) groups excluding carboxylic acids is 1. The van der Waals surface area contributed by atoms with Crippen molar-refractivity contribution in [3.05, 3.63) is 0 Å². The monoisotopic (exact) mass is 283 g/mol. The molecule has 0 saturated heterocycles. The minimum atomic E-state index is -0.865. The maximum absolute atomic E-state index is 12.7. The second-order valence-corrected chi connectivity index (χ2v) is 7.43. The van der Waals surface area contributed by atoms with Gasteiger partial charge in [-0.3, -0.25) is 0 Å². The first kappa shape index (κ1) is 17.0. The van der Waals surface area contributed by atoms with Crippen LogP contribution >= 0.6 is 0 Å². The van der Waals surface area contributed by atoms with E-state index in [9.17, 15) is 4.79 Å². The summed E-state index contributed by atoms with van der Waals surface area (Å²) >= 11 is 0. The number of nitrogens with zero attached hydrogens (tertiary/aromatic N) is 1. The Balaban J connectivity index is 3.53. The number of carbonyl (C=O) groups is 1. The molecule has 0 aromatic heterocycles. The Kier molecular flexibility index (Phi) is 4.29. The molecule has 20 heavy (non-hydrogen) atoms. The van der Waals surface area contributed by atoms with Crippen LogP contribution in [0.2, 0.25) is 0 Å². The molecule has 0 aliphatic carbocycles. The summed E-state index contributed by atoms with van der Waals surface area (Å²) in [7, 11) is 1.59. The second-order valence-electron chi connectivity index (χ2n) is 7.43. The number of rotatable bonds is 2. The lowest BCUT2D eigenvalue weighted by molar-refractivity contribution is -0.176. The quantitative estimate of drug-likeness (QED) is 0.729. The molecule has 4 nitrogen and oxygen atoms in total. The van der Waals surface area contributed by atoms with Crippen molar-refractivity contribution in [2.24, 2.45) is 22.2 Å². The van der Waals surface area contributed by atoms with Gasteiger partial charge >= 0.3 is 5.97 Å². The van der Waals surface area contributed by atoms with Crippen molar-refractivity contribution in [3.63, 3.8) is 0 Å². The molecule has 0 radical (unpaired) electrons. The van der Waals surface area contributed by atoms with E-state index in [1.165, 1.54) is 0 Å². The zero-order chi connectivity index (χ0) is 15.9. The molecule has 0 spiro atoms. The van der Waals surface area contributed by atoms with E-state index in [-0.39, 0.29) is 23.2 Å². The summed E-state index contributed by atoms with van der Waals surface area (Å²) in [6.45, 7) is 15.9. The topological polar surface area (TPSA) is 47.9 Å². The van der Waals surface area contributed by atoms with Crippen molar-refractivity contribution in [1.29, 1.82) is 0 Å². The van der Waals surface area contributed by atoms with E-state index in [0.29, 0.717) is 5.90 Å². The van der Waals surface area contributed by atoms with Gasteiger partial charge in [-0.05, 0) is 18.8 Å². The van der Waals surface area contributed by atoms with Crippen LogP contribution in [0, 0.1) is 17.3 Å². The highest BCUT2D eigenvalue weighted by molar-refractivity contribution is 5.97. The maximum Gasteiger partial charge on any atom is 0.335 e. The van der Waals surface area contributed by atoms with E-state index in [2.05, 4.69) is 0 Å². The fourth-order valence-corrected chi connectivity index (χ4v) is 2.74. The molecule has 1 atom stereocenters. The molecule has 0 unspecified atom stereocenters. The van der Waals surface area contributed by atoms with Gasteiger partial charge in [-0.2, -0.15) is 0 Å². The Hall–Kier alpha value is -1.06. The lowest BCUT2D eigenvalue weighted by Crippen LogP contribution is -2.62. The summed E-state index contributed by atoms with van der Waals surface area (Å²) in [5.41, 5.74) is -2.00. The minimum absolute atomic E-state index is 0.0460. The highest BCUT2D eigenvalue weighted by atomic mass is 16.6. The van der Waals surface area contributed by atoms with Crippen molar-refractivity contribution in [3.8, 4) is 0 Å². The first-order chi connectivity index (χ1) is 8.93. The van der Waals surface area contributed by atoms with Crippen LogP contribution in [0.25, 0.3) is 0 Å². The summed E-state index contributed by atoms with van der Waals surface area (Å²) in [4.78, 5) is 17.5. The van der Waals surface area contributed by atoms with E-state index >= 15 is 0 Å². The van der Waals surface area contributed by atoms with Gasteiger partial charge in [0.25, 0.3) is 0 Å². The summed E-state index contributed by atoms with van der Waals surface area (Å²) in [5.74, 6) is 0.349. The van der Waals surface area contributed by atoms with Gasteiger partial charge in [0.1, 0.15) is 0 Å². The molecule has 0 fully saturated rings. The lowest BCUT2D eigenvalue weighted by Gasteiger charge is -2.48. The van der Waals surface area contributed by atoms with Crippen LogP contribution in [0.5, 0.6) is 0 Å². The Morgan fingerprint density at radius 3 is 1.90 bits per heavy atom. The van der Waals surface area contributed by atoms with Gasteiger partial charge in [0, 0.05) is 5.41 Å². The van der Waals surface area contributed by atoms with Gasteiger partial charge in [-0.15, -0.1) is 0 Å². The number of methoxy groups -OCH3 is 1. The number of hydrogen-bond donors (Lipinski definition) is 0. The highest BCUT2D eigenvalue weighted by Crippen LogP contribution is 2.44. The SMILES string of the molecule is COC1=NC(C(C)C)(C(C)C)C(=O)O[C@@]1(C)C(C)(C)C. The number of ether oxygens (including phenoxy) is 2. The Bertz CT molecular complexity index is 410. The third kappa shape index (κ3) is 2.23. The average molecular weight is 283 g/mol. The summed E-state index contributed by atoms with van der Waals surface area (Å²) < 4.78 is 11.4. The molecule has 0 N–H and O–H groups in total. The van der Waals surface area contributed by atoms with Gasteiger partial charge in [0.2, 0.25) is 5.90 Å². The predicted molar refractivity (Wildman–Crippen MR) is 80.8 cm³/mol. The molecule has 1 heterocycles. The van der Waals surface area contributed by atoms with Crippen LogP contribution < -0.4 is 0 Å². The van der Waals surface area contributed by atoms with Gasteiger partial charge in [-0.1, -0.05) is 48.5 Å². The molecule has 0 aromatic rings. The maximum atomic E-state index is 12.7. The third-order valence-corrected chi connectivity index (χ3v) is 4.70. The number of hydrogen-bond acceptors (Lipinski definition) is 4. The molecule has 0 saturated carbocycles. The van der Waals surface area contributed by atoms with Gasteiger partial charge < -0.3 is 9.47 Å². The second kappa shape index (κ2) is 5.05. The molecule has 1 aliphatic rings. The van der Waals surface area contributed by atoms with Crippen LogP contribution in [-0.4, -0.2) is 30.1 Å².